The van der Waals surface area contributed by atoms with Gasteiger partial charge in [0.15, 0.2) is 0 Å². The molecular weight excluding hydrogens is 262 g/mol. The van der Waals surface area contributed by atoms with E-state index in [1.165, 1.54) is 0 Å². The third-order valence-electron chi connectivity index (χ3n) is 4.62. The molecule has 0 aromatic rings. The van der Waals surface area contributed by atoms with Crippen molar-refractivity contribution in [2.75, 3.05) is 26.2 Å². The van der Waals surface area contributed by atoms with Crippen molar-refractivity contribution >= 4 is 17.9 Å². The smallest absolute Gasteiger partial charge is 0.320 e. The van der Waals surface area contributed by atoms with E-state index < -0.39 is 17.3 Å². The Balaban J connectivity index is 1.87. The molecule has 0 bridgehead atoms. The summed E-state index contributed by atoms with van der Waals surface area (Å²) in [5.41, 5.74) is 4.71. The van der Waals surface area contributed by atoms with Gasteiger partial charge in [-0.05, 0) is 13.3 Å². The van der Waals surface area contributed by atoms with Crippen molar-refractivity contribution in [3.63, 3.8) is 0 Å². The third-order valence-corrected chi connectivity index (χ3v) is 4.62. The number of hydrogen-bond donors (Lipinski definition) is 2. The summed E-state index contributed by atoms with van der Waals surface area (Å²) in [6.07, 6.45) is 0.580. The lowest BCUT2D eigenvalue weighted by Gasteiger charge is -2.43. The van der Waals surface area contributed by atoms with Gasteiger partial charge in [-0.2, -0.15) is 0 Å². The number of carbonyl (C=O) groups excluding carboxylic acids is 2. The largest absolute Gasteiger partial charge is 0.481 e. The summed E-state index contributed by atoms with van der Waals surface area (Å²) >= 11 is 0. The molecule has 20 heavy (non-hydrogen) atoms. The lowest BCUT2D eigenvalue weighted by molar-refractivity contribution is -0.145. The molecule has 3 amide bonds. The summed E-state index contributed by atoms with van der Waals surface area (Å²) in [5, 5.41) is 8.92. The Kier molecular flexibility index (Phi) is 3.62. The molecule has 2 rings (SSSR count). The maximum absolute atomic E-state index is 12.2. The molecule has 3 N–H and O–H groups in total. The summed E-state index contributed by atoms with van der Waals surface area (Å²) < 4.78 is 0. The number of nitrogens with zero attached hydrogens (tertiary/aromatic N) is 2. The fourth-order valence-corrected chi connectivity index (χ4v) is 2.71. The summed E-state index contributed by atoms with van der Waals surface area (Å²) in [6.45, 7) is 5.24. The second-order valence-corrected chi connectivity index (χ2v) is 6.17. The maximum Gasteiger partial charge on any atom is 0.320 e. The van der Waals surface area contributed by atoms with Crippen LogP contribution < -0.4 is 5.73 Å². The number of aliphatic carboxylic acids is 1. The lowest BCUT2D eigenvalue weighted by Crippen LogP contribution is -2.57. The fourth-order valence-electron chi connectivity index (χ4n) is 2.71. The van der Waals surface area contributed by atoms with Crippen molar-refractivity contribution in [1.29, 1.82) is 0 Å². The molecule has 0 radical (unpaired) electrons. The van der Waals surface area contributed by atoms with Gasteiger partial charge in [0.1, 0.15) is 0 Å². The molecule has 2 saturated heterocycles. The number of amides is 3. The number of likely N-dealkylation sites (tertiary alicyclic amines) is 2. The molecule has 112 valence electrons. The first kappa shape index (κ1) is 14.6. The van der Waals surface area contributed by atoms with Gasteiger partial charge in [-0.25, -0.2) is 4.79 Å². The Morgan fingerprint density at radius 2 is 1.90 bits per heavy atom. The monoisotopic (exact) mass is 283 g/mol. The van der Waals surface area contributed by atoms with E-state index in [1.807, 2.05) is 0 Å². The van der Waals surface area contributed by atoms with E-state index in [4.69, 9.17) is 10.8 Å². The molecule has 0 aromatic carbocycles. The van der Waals surface area contributed by atoms with Crippen LogP contribution in [0.3, 0.4) is 0 Å². The molecule has 2 atom stereocenters. The SMILES string of the molecule is CC(C(=O)O)C1CN(C(=O)N2CCC(C)(C(N)=O)C2)C1. The van der Waals surface area contributed by atoms with Gasteiger partial charge in [-0.1, -0.05) is 6.92 Å². The second-order valence-electron chi connectivity index (χ2n) is 6.17. The van der Waals surface area contributed by atoms with Gasteiger partial charge < -0.3 is 20.6 Å². The molecule has 0 spiro atoms. The number of carboxylic acids is 1. The van der Waals surface area contributed by atoms with Crippen molar-refractivity contribution in [3.8, 4) is 0 Å². The number of hydrogen-bond acceptors (Lipinski definition) is 3. The molecule has 2 fully saturated rings. The Labute approximate surface area is 117 Å². The maximum atomic E-state index is 12.2. The average molecular weight is 283 g/mol. The van der Waals surface area contributed by atoms with Crippen LogP contribution in [-0.4, -0.2) is 59.0 Å². The van der Waals surface area contributed by atoms with Crippen LogP contribution >= 0.6 is 0 Å². The zero-order valence-electron chi connectivity index (χ0n) is 11.8. The normalized spacial score (nSPS) is 28.1. The minimum absolute atomic E-state index is 0.0153. The van der Waals surface area contributed by atoms with Crippen LogP contribution in [0.5, 0.6) is 0 Å². The van der Waals surface area contributed by atoms with E-state index in [0.717, 1.165) is 0 Å². The number of urea groups is 1. The van der Waals surface area contributed by atoms with Crippen LogP contribution in [0.4, 0.5) is 4.79 Å². The van der Waals surface area contributed by atoms with Crippen LogP contribution in [0.1, 0.15) is 20.3 Å². The Morgan fingerprint density at radius 3 is 2.35 bits per heavy atom. The molecule has 0 aliphatic carbocycles. The number of carboxylic acid groups (broad SMARTS) is 1. The van der Waals surface area contributed by atoms with E-state index in [1.54, 1.807) is 23.6 Å². The minimum Gasteiger partial charge on any atom is -0.481 e. The summed E-state index contributed by atoms with van der Waals surface area (Å²) in [6, 6.07) is -0.121. The van der Waals surface area contributed by atoms with Crippen molar-refractivity contribution in [3.05, 3.63) is 0 Å². The van der Waals surface area contributed by atoms with Gasteiger partial charge >= 0.3 is 12.0 Å². The predicted molar refractivity (Wildman–Crippen MR) is 70.8 cm³/mol. The van der Waals surface area contributed by atoms with Crippen molar-refractivity contribution in [1.82, 2.24) is 9.80 Å². The number of rotatable bonds is 3. The van der Waals surface area contributed by atoms with Crippen molar-refractivity contribution < 1.29 is 19.5 Å². The molecule has 2 aliphatic rings. The van der Waals surface area contributed by atoms with Crippen molar-refractivity contribution in [2.24, 2.45) is 23.0 Å². The molecular formula is C13H21N3O4. The molecule has 2 heterocycles. The van der Waals surface area contributed by atoms with Crippen LogP contribution in [-0.2, 0) is 9.59 Å². The highest BCUT2D eigenvalue weighted by Crippen LogP contribution is 2.32. The van der Waals surface area contributed by atoms with Gasteiger partial charge in [-0.3, -0.25) is 9.59 Å². The summed E-state index contributed by atoms with van der Waals surface area (Å²) in [5.74, 6) is -1.63. The average Bonchev–Trinajstić information content (AvgIpc) is 2.71. The summed E-state index contributed by atoms with van der Waals surface area (Å²) in [4.78, 5) is 37.7. The van der Waals surface area contributed by atoms with Crippen LogP contribution in [0, 0.1) is 17.3 Å². The van der Waals surface area contributed by atoms with E-state index in [0.29, 0.717) is 32.6 Å². The van der Waals surface area contributed by atoms with Crippen LogP contribution in [0.2, 0.25) is 0 Å². The first-order valence-corrected chi connectivity index (χ1v) is 6.81. The quantitative estimate of drug-likeness (QED) is 0.758. The highest BCUT2D eigenvalue weighted by molar-refractivity contribution is 5.83. The third kappa shape index (κ3) is 2.44. The van der Waals surface area contributed by atoms with E-state index >= 15 is 0 Å². The first-order valence-electron chi connectivity index (χ1n) is 6.81. The van der Waals surface area contributed by atoms with E-state index in [2.05, 4.69) is 0 Å². The number of carbonyl (C=O) groups is 3. The van der Waals surface area contributed by atoms with Crippen LogP contribution in [0.15, 0.2) is 0 Å². The zero-order valence-corrected chi connectivity index (χ0v) is 11.8. The Bertz CT molecular complexity index is 447. The zero-order chi connectivity index (χ0) is 15.1. The number of primary amides is 1. The fraction of sp³-hybridized carbons (Fsp3) is 0.769. The van der Waals surface area contributed by atoms with E-state index in [9.17, 15) is 14.4 Å². The molecule has 2 aliphatic heterocycles. The van der Waals surface area contributed by atoms with E-state index in [-0.39, 0.29) is 17.9 Å². The molecule has 0 saturated carbocycles. The predicted octanol–water partition coefficient (Wildman–Crippen LogP) is -0.0438. The highest BCUT2D eigenvalue weighted by atomic mass is 16.4. The molecule has 7 heteroatoms. The lowest BCUT2D eigenvalue weighted by atomic mass is 9.87. The van der Waals surface area contributed by atoms with Crippen molar-refractivity contribution in [2.45, 2.75) is 20.3 Å². The Hall–Kier alpha value is -1.79. The van der Waals surface area contributed by atoms with Gasteiger partial charge in [-0.15, -0.1) is 0 Å². The van der Waals surface area contributed by atoms with Gasteiger partial charge in [0.25, 0.3) is 0 Å². The van der Waals surface area contributed by atoms with Crippen LogP contribution in [0.25, 0.3) is 0 Å². The van der Waals surface area contributed by atoms with Gasteiger partial charge in [0.2, 0.25) is 5.91 Å². The van der Waals surface area contributed by atoms with Gasteiger partial charge in [0.05, 0.1) is 11.3 Å². The number of nitrogens with two attached hydrogens (primary N) is 1. The summed E-state index contributed by atoms with van der Waals surface area (Å²) in [7, 11) is 0. The molecule has 2 unspecified atom stereocenters. The minimum atomic E-state index is -0.829. The molecule has 0 aromatic heterocycles. The Morgan fingerprint density at radius 1 is 1.30 bits per heavy atom. The molecule has 7 nitrogen and oxygen atoms in total. The first-order chi connectivity index (χ1) is 9.24. The van der Waals surface area contributed by atoms with Gasteiger partial charge in [0, 0.05) is 32.1 Å². The second kappa shape index (κ2) is 4.96. The highest BCUT2D eigenvalue weighted by Gasteiger charge is 2.44. The topological polar surface area (TPSA) is 104 Å². The standard InChI is InChI=1S/C13H21N3O4/c1-8(10(17)18)9-5-16(6-9)12(20)15-4-3-13(2,7-15)11(14)19/h8-9H,3-7H2,1-2H3,(H2,14,19)(H,17,18).